The van der Waals surface area contributed by atoms with Crippen molar-refractivity contribution in [2.24, 2.45) is 3.93 Å². The number of hydrogen-bond acceptors (Lipinski definition) is 2. The predicted octanol–water partition coefficient (Wildman–Crippen LogP) is -4.60. The van der Waals surface area contributed by atoms with E-state index in [0.717, 1.165) is 0 Å². The van der Waals surface area contributed by atoms with Crippen LogP contribution < -0.4 is 24.8 Å². The van der Waals surface area contributed by atoms with E-state index in [1.165, 1.54) is 0 Å². The van der Waals surface area contributed by atoms with Crippen LogP contribution in [0.5, 0.6) is 0 Å². The first-order valence-corrected chi connectivity index (χ1v) is 3.16. The van der Waals surface area contributed by atoms with Gasteiger partial charge in [0.05, 0.1) is 0 Å². The predicted molar refractivity (Wildman–Crippen MR) is 22.9 cm³/mol. The van der Waals surface area contributed by atoms with Crippen molar-refractivity contribution in [2.45, 2.75) is 26.3 Å². The third-order valence-electron chi connectivity index (χ3n) is 0.311. The number of rotatable bonds is 0. The molecule has 0 aliphatic heterocycles. The molecule has 0 rings (SSSR count). The van der Waals surface area contributed by atoms with Gasteiger partial charge in [0.25, 0.3) is 0 Å². The molecule has 0 aromatic heterocycles. The Morgan fingerprint density at radius 3 is 1.56 bits per heavy atom. The third-order valence-corrected chi connectivity index (χ3v) is 1.28. The SMILES string of the molecule is CC(C)(C)[N]=[Cr+2]=[O].[Cl-].[Cl-]. The molecule has 0 saturated carbocycles. The van der Waals surface area contributed by atoms with Crippen LogP contribution in [0.1, 0.15) is 20.8 Å². The van der Waals surface area contributed by atoms with Crippen LogP contribution in [0.3, 0.4) is 0 Å². The molecular weight excluding hydrogens is 201 g/mol. The van der Waals surface area contributed by atoms with Gasteiger partial charge in [-0.1, -0.05) is 0 Å². The number of hydrogen-bond donors (Lipinski definition) is 0. The Hall–Kier alpha value is 0.712. The molecule has 0 spiro atoms. The van der Waals surface area contributed by atoms with Crippen LogP contribution in [-0.4, -0.2) is 5.54 Å². The second-order valence-corrected chi connectivity index (χ2v) is 2.85. The molecule has 0 radical (unpaired) electrons. The smallest absolute Gasteiger partial charge is 1.00 e. The van der Waals surface area contributed by atoms with Crippen molar-refractivity contribution >= 4 is 0 Å². The molecule has 56 valence electrons. The third kappa shape index (κ3) is 17.7. The molecule has 0 N–H and O–H groups in total. The Morgan fingerprint density at radius 2 is 1.56 bits per heavy atom. The summed E-state index contributed by atoms with van der Waals surface area (Å²) < 4.78 is 13.6. The van der Waals surface area contributed by atoms with E-state index in [0.29, 0.717) is 0 Å². The second kappa shape index (κ2) is 6.83. The van der Waals surface area contributed by atoms with E-state index in [1.807, 2.05) is 20.8 Å². The van der Waals surface area contributed by atoms with E-state index in [-0.39, 0.29) is 30.4 Å². The number of halogens is 2. The van der Waals surface area contributed by atoms with E-state index in [4.69, 9.17) is 0 Å². The van der Waals surface area contributed by atoms with Gasteiger partial charge in [0.1, 0.15) is 0 Å². The summed E-state index contributed by atoms with van der Waals surface area (Å²) in [5, 5.41) is 0. The van der Waals surface area contributed by atoms with Crippen molar-refractivity contribution in [2.75, 3.05) is 0 Å². The van der Waals surface area contributed by atoms with Crippen LogP contribution in [0, 0.1) is 0 Å². The molecule has 0 unspecified atom stereocenters. The molecule has 0 aliphatic rings. The summed E-state index contributed by atoms with van der Waals surface area (Å²) in [6.45, 7) is 5.77. The van der Waals surface area contributed by atoms with Gasteiger partial charge in [-0.15, -0.1) is 0 Å². The average Bonchev–Trinajstić information content (AvgIpc) is 1.30. The Kier molecular flexibility index (Phi) is 12.4. The first-order valence-electron chi connectivity index (χ1n) is 2.07. The summed E-state index contributed by atoms with van der Waals surface area (Å²) in [5.74, 6) is 0. The minimum Gasteiger partial charge on any atom is -1.00 e. The van der Waals surface area contributed by atoms with Gasteiger partial charge in [0, 0.05) is 0 Å². The maximum absolute atomic E-state index is 9.84. The molecule has 2 nitrogen and oxygen atoms in total. The summed E-state index contributed by atoms with van der Waals surface area (Å²) in [4.78, 5) is 0. The summed E-state index contributed by atoms with van der Waals surface area (Å²) >= 11 is -0.766. The van der Waals surface area contributed by atoms with Gasteiger partial charge < -0.3 is 24.8 Å². The minimum atomic E-state index is -0.766. The van der Waals surface area contributed by atoms with Crippen molar-refractivity contribution < 1.29 is 43.6 Å². The molecule has 0 fully saturated rings. The van der Waals surface area contributed by atoms with Crippen LogP contribution in [0.2, 0.25) is 0 Å². The van der Waals surface area contributed by atoms with E-state index >= 15 is 0 Å². The van der Waals surface area contributed by atoms with Crippen LogP contribution in [0.25, 0.3) is 0 Å². The molecule has 0 aliphatic carbocycles. The van der Waals surface area contributed by atoms with Crippen molar-refractivity contribution in [3.05, 3.63) is 0 Å². The average molecular weight is 210 g/mol. The first-order chi connectivity index (χ1) is 3.06. The molecule has 0 saturated heterocycles. The van der Waals surface area contributed by atoms with E-state index in [9.17, 15) is 3.80 Å². The fraction of sp³-hybridized carbons (Fsp3) is 1.00. The Labute approximate surface area is 74.0 Å². The van der Waals surface area contributed by atoms with Crippen molar-refractivity contribution in [3.63, 3.8) is 0 Å². The molecule has 0 amide bonds. The number of nitrogens with zero attached hydrogens (tertiary/aromatic N) is 1. The zero-order chi connectivity index (χ0) is 5.91. The van der Waals surface area contributed by atoms with E-state index in [1.54, 1.807) is 0 Å². The largest absolute Gasteiger partial charge is 1.00 e. The van der Waals surface area contributed by atoms with Crippen LogP contribution in [0.15, 0.2) is 3.93 Å². The van der Waals surface area contributed by atoms with Gasteiger partial charge in [0.15, 0.2) is 0 Å². The fourth-order valence-corrected chi connectivity index (χ4v) is 0.461. The Bertz CT molecular complexity index is 106. The van der Waals surface area contributed by atoms with Gasteiger partial charge in [-0.05, 0) is 0 Å². The van der Waals surface area contributed by atoms with Gasteiger partial charge >= 0.3 is 49.0 Å². The van der Waals surface area contributed by atoms with Gasteiger partial charge in [-0.3, -0.25) is 0 Å². The minimum absolute atomic E-state index is 0. The summed E-state index contributed by atoms with van der Waals surface area (Å²) in [6.07, 6.45) is 0. The quantitative estimate of drug-likeness (QED) is 0.395. The summed E-state index contributed by atoms with van der Waals surface area (Å²) in [6, 6.07) is 0. The fourth-order valence-electron chi connectivity index (χ4n) is 0.112. The molecule has 0 bridgehead atoms. The maximum atomic E-state index is 9.84. The molecule has 9 heavy (non-hydrogen) atoms. The Balaban J connectivity index is -0.000000180. The summed E-state index contributed by atoms with van der Waals surface area (Å²) in [7, 11) is 0. The zero-order valence-corrected chi connectivity index (χ0v) is 8.31. The Morgan fingerprint density at radius 1 is 1.22 bits per heavy atom. The summed E-state index contributed by atoms with van der Waals surface area (Å²) in [5.41, 5.74) is -0.109. The molecule has 0 heterocycles. The monoisotopic (exact) mass is 209 g/mol. The van der Waals surface area contributed by atoms with Crippen LogP contribution in [-0.2, 0) is 18.8 Å². The molecular formula is C4H9Cl2CrNO. The van der Waals surface area contributed by atoms with Crippen molar-refractivity contribution in [1.82, 2.24) is 0 Å². The van der Waals surface area contributed by atoms with Crippen molar-refractivity contribution in [3.8, 4) is 0 Å². The molecule has 5 heteroatoms. The van der Waals surface area contributed by atoms with Gasteiger partial charge in [0.2, 0.25) is 0 Å². The van der Waals surface area contributed by atoms with Crippen molar-refractivity contribution in [1.29, 1.82) is 0 Å². The molecule has 0 atom stereocenters. The standard InChI is InChI=1S/C4H9N.2ClH.Cr.O/c1-4(2,3)5;;;;/h1-3H3;2*1H;;/q;;;+2;/p-2. The van der Waals surface area contributed by atoms with Gasteiger partial charge in [-0.2, -0.15) is 0 Å². The van der Waals surface area contributed by atoms with Crippen LogP contribution >= 0.6 is 0 Å². The first kappa shape index (κ1) is 16.4. The molecule has 0 aromatic rings. The topological polar surface area (TPSA) is 29.4 Å². The van der Waals surface area contributed by atoms with Gasteiger partial charge in [-0.25, -0.2) is 0 Å². The maximum Gasteiger partial charge on any atom is -1.00 e. The van der Waals surface area contributed by atoms with Crippen LogP contribution in [0.4, 0.5) is 0 Å². The molecule has 0 aromatic carbocycles. The zero-order valence-electron chi connectivity index (χ0n) is 5.52. The van der Waals surface area contributed by atoms with E-state index < -0.39 is 15.0 Å². The normalized spacial score (nSPS) is 7.89. The second-order valence-electron chi connectivity index (χ2n) is 2.34. The van der Waals surface area contributed by atoms with E-state index in [2.05, 4.69) is 3.93 Å².